The highest BCUT2D eigenvalue weighted by molar-refractivity contribution is 6.30. The zero-order valence-corrected chi connectivity index (χ0v) is 16.8. The van der Waals surface area contributed by atoms with Crippen molar-refractivity contribution in [3.8, 4) is 12.1 Å². The molecule has 5 rings (SSSR count). The summed E-state index contributed by atoms with van der Waals surface area (Å²) in [6.45, 7) is 0. The van der Waals surface area contributed by atoms with E-state index in [-0.39, 0.29) is 41.3 Å². The van der Waals surface area contributed by atoms with Crippen LogP contribution in [0, 0.1) is 52.3 Å². The lowest BCUT2D eigenvalue weighted by atomic mass is 9.71. The Kier molecular flexibility index (Phi) is 4.66. The molecular weight excluding hydrogens is 394 g/mol. The van der Waals surface area contributed by atoms with Crippen LogP contribution < -0.4 is 0 Å². The Morgan fingerprint density at radius 1 is 0.867 bits per heavy atom. The van der Waals surface area contributed by atoms with Gasteiger partial charge in [0.15, 0.2) is 0 Å². The van der Waals surface area contributed by atoms with Gasteiger partial charge in [-0.3, -0.25) is 0 Å². The van der Waals surface area contributed by atoms with Crippen LogP contribution in [-0.2, 0) is 4.84 Å². The highest BCUT2D eigenvalue weighted by Gasteiger charge is 2.52. The van der Waals surface area contributed by atoms with E-state index in [1.54, 1.807) is 0 Å². The van der Waals surface area contributed by atoms with Crippen LogP contribution in [0.25, 0.3) is 0 Å². The minimum atomic E-state index is -0.179. The fourth-order valence-corrected chi connectivity index (χ4v) is 5.34. The number of rotatable bonds is 1. The Morgan fingerprint density at radius 3 is 2.13 bits per heavy atom. The van der Waals surface area contributed by atoms with E-state index in [0.29, 0.717) is 5.02 Å². The van der Waals surface area contributed by atoms with Gasteiger partial charge in [-0.25, -0.2) is 0 Å². The predicted molar refractivity (Wildman–Crippen MR) is 115 cm³/mol. The average molecular weight is 412 g/mol. The zero-order chi connectivity index (χ0) is 20.7. The maximum Gasteiger partial charge on any atom is 0.143 e. The van der Waals surface area contributed by atoms with Crippen LogP contribution in [0.5, 0.6) is 0 Å². The van der Waals surface area contributed by atoms with Gasteiger partial charge < -0.3 is 4.84 Å². The van der Waals surface area contributed by atoms with Gasteiger partial charge in [0.1, 0.15) is 23.8 Å². The third kappa shape index (κ3) is 2.84. The summed E-state index contributed by atoms with van der Waals surface area (Å²) >= 11 is 6.09. The lowest BCUT2D eigenvalue weighted by Crippen LogP contribution is -2.36. The lowest BCUT2D eigenvalue weighted by molar-refractivity contribution is 0.0199. The molecule has 1 aliphatic heterocycles. The molecule has 0 spiro atoms. The van der Waals surface area contributed by atoms with Crippen LogP contribution in [0.2, 0.25) is 5.02 Å². The fraction of sp³-hybridized carbons (Fsp3) is 0.240. The summed E-state index contributed by atoms with van der Waals surface area (Å²) < 4.78 is 0. The molecule has 0 amide bonds. The number of allylic oxidation sites excluding steroid dienone is 9. The zero-order valence-electron chi connectivity index (χ0n) is 16.0. The number of fused-ring (bicyclic) bond motifs is 5. The Labute approximate surface area is 180 Å². The topological polar surface area (TPSA) is 69.2 Å². The Balaban J connectivity index is 1.69. The first-order valence-corrected chi connectivity index (χ1v) is 10.3. The van der Waals surface area contributed by atoms with Gasteiger partial charge in [-0.2, -0.15) is 10.5 Å². The van der Waals surface area contributed by atoms with E-state index in [2.05, 4.69) is 41.6 Å². The second-order valence-electron chi connectivity index (χ2n) is 7.88. The van der Waals surface area contributed by atoms with Crippen molar-refractivity contribution < 1.29 is 4.84 Å². The van der Waals surface area contributed by atoms with Crippen LogP contribution in [0.4, 0.5) is 0 Å². The molecule has 1 fully saturated rings. The molecule has 1 aromatic rings. The van der Waals surface area contributed by atoms with Gasteiger partial charge in [0.25, 0.3) is 0 Å². The summed E-state index contributed by atoms with van der Waals surface area (Å²) in [6, 6.07) is 11.9. The molecule has 6 atom stereocenters. The average Bonchev–Trinajstić information content (AvgIpc) is 3.18. The summed E-state index contributed by atoms with van der Waals surface area (Å²) in [5.74, 6) is -0.120. The van der Waals surface area contributed by atoms with Gasteiger partial charge in [0.05, 0.1) is 11.6 Å². The number of nitriles is 2. The van der Waals surface area contributed by atoms with Crippen molar-refractivity contribution in [2.45, 2.75) is 6.10 Å². The molecule has 4 unspecified atom stereocenters. The van der Waals surface area contributed by atoms with Crippen LogP contribution in [-0.4, -0.2) is 11.8 Å². The molecule has 0 aromatic heterocycles. The quantitative estimate of drug-likeness (QED) is 0.601. The van der Waals surface area contributed by atoms with Gasteiger partial charge in [0.2, 0.25) is 0 Å². The smallest absolute Gasteiger partial charge is 0.143 e. The summed E-state index contributed by atoms with van der Waals surface area (Å²) in [5.41, 5.74) is 2.95. The van der Waals surface area contributed by atoms with E-state index in [0.717, 1.165) is 16.8 Å². The molecule has 4 nitrogen and oxygen atoms in total. The summed E-state index contributed by atoms with van der Waals surface area (Å²) in [7, 11) is 0. The third-order valence-corrected chi connectivity index (χ3v) is 6.71. The van der Waals surface area contributed by atoms with Crippen molar-refractivity contribution in [1.29, 1.82) is 10.5 Å². The van der Waals surface area contributed by atoms with Gasteiger partial charge in [-0.1, -0.05) is 77.5 Å². The molecule has 30 heavy (non-hydrogen) atoms. The Bertz CT molecular complexity index is 1120. The first kappa shape index (κ1) is 18.7. The molecule has 0 N–H and O–H groups in total. The minimum Gasteiger partial charge on any atom is -0.391 e. The predicted octanol–water partition coefficient (Wildman–Crippen LogP) is 5.13. The van der Waals surface area contributed by atoms with Gasteiger partial charge in [-0.15, -0.1) is 0 Å². The minimum absolute atomic E-state index is 0.00263. The van der Waals surface area contributed by atoms with E-state index in [4.69, 9.17) is 16.4 Å². The number of hydrogen-bond acceptors (Lipinski definition) is 4. The summed E-state index contributed by atoms with van der Waals surface area (Å²) in [5, 5.41) is 24.7. The molecule has 1 heterocycles. The van der Waals surface area contributed by atoms with Crippen LogP contribution in [0.15, 0.2) is 89.2 Å². The Morgan fingerprint density at radius 2 is 1.47 bits per heavy atom. The monoisotopic (exact) mass is 411 g/mol. The van der Waals surface area contributed by atoms with Crippen molar-refractivity contribution in [2.75, 3.05) is 0 Å². The first-order chi connectivity index (χ1) is 14.7. The molecular formula is C25H18ClN3O. The molecule has 1 saturated carbocycles. The standard InChI is InChI=1S/C25H18ClN3O/c26-17-11-9-15(10-12-17)24-23-19-6-2-1-5-18(19)22(16(13-27)14-28)20-7-3-4-8-21(20)25(23)30-29-24/h1-12,18-21,23,25H/t18?,19?,20?,21?,23-,25-/m0/s1. The normalized spacial score (nSPS) is 32.6. The maximum absolute atomic E-state index is 9.73. The lowest BCUT2D eigenvalue weighted by Gasteiger charge is -2.30. The van der Waals surface area contributed by atoms with Crippen LogP contribution in [0.1, 0.15) is 5.56 Å². The third-order valence-electron chi connectivity index (χ3n) is 6.46. The van der Waals surface area contributed by atoms with Crippen LogP contribution in [0.3, 0.4) is 0 Å². The van der Waals surface area contributed by atoms with E-state index in [1.165, 1.54) is 0 Å². The highest BCUT2D eigenvalue weighted by Crippen LogP contribution is 2.51. The number of oxime groups is 1. The molecule has 1 aromatic carbocycles. The molecule has 0 bridgehead atoms. The van der Waals surface area contributed by atoms with E-state index in [9.17, 15) is 10.5 Å². The van der Waals surface area contributed by atoms with Gasteiger partial charge in [0, 0.05) is 22.8 Å². The van der Waals surface area contributed by atoms with Crippen molar-refractivity contribution >= 4 is 17.3 Å². The molecule has 146 valence electrons. The van der Waals surface area contributed by atoms with Crippen molar-refractivity contribution in [1.82, 2.24) is 0 Å². The number of halogens is 1. The second-order valence-corrected chi connectivity index (χ2v) is 8.32. The van der Waals surface area contributed by atoms with Gasteiger partial charge >= 0.3 is 0 Å². The summed E-state index contributed by atoms with van der Waals surface area (Å²) in [6.07, 6.45) is 16.3. The fourth-order valence-electron chi connectivity index (χ4n) is 5.21. The highest BCUT2D eigenvalue weighted by atomic mass is 35.5. The number of nitrogens with zero attached hydrogens (tertiary/aromatic N) is 3. The Hall–Kier alpha value is -3.34. The number of benzene rings is 1. The largest absolute Gasteiger partial charge is 0.391 e. The molecule has 0 saturated heterocycles. The molecule has 4 aliphatic rings. The number of hydrogen-bond donors (Lipinski definition) is 0. The van der Waals surface area contributed by atoms with Crippen molar-refractivity contribution in [3.05, 3.63) is 94.6 Å². The van der Waals surface area contributed by atoms with Crippen LogP contribution >= 0.6 is 11.6 Å². The molecule has 0 radical (unpaired) electrons. The van der Waals surface area contributed by atoms with Crippen molar-refractivity contribution in [3.63, 3.8) is 0 Å². The van der Waals surface area contributed by atoms with E-state index < -0.39 is 0 Å². The second kappa shape index (κ2) is 7.48. The SMILES string of the molecule is N#CC(C#N)=C1C2C=CC=CC2[C@H]2C(c3ccc(Cl)cc3)=NO[C@H]2C2C=CC=CC12. The van der Waals surface area contributed by atoms with Gasteiger partial charge in [-0.05, 0) is 29.2 Å². The first-order valence-electron chi connectivity index (χ1n) is 9.97. The van der Waals surface area contributed by atoms with E-state index in [1.807, 2.05) is 48.6 Å². The summed E-state index contributed by atoms with van der Waals surface area (Å²) in [4.78, 5) is 6.07. The van der Waals surface area contributed by atoms with E-state index >= 15 is 0 Å². The van der Waals surface area contributed by atoms with Crippen molar-refractivity contribution in [2.24, 2.45) is 34.7 Å². The maximum atomic E-state index is 9.73. The molecule has 5 heteroatoms. The molecule has 3 aliphatic carbocycles.